The molecule has 1 saturated carbocycles. The highest BCUT2D eigenvalue weighted by molar-refractivity contribution is 6.36. The fourth-order valence-corrected chi connectivity index (χ4v) is 9.35. The van der Waals surface area contributed by atoms with Crippen molar-refractivity contribution in [1.82, 2.24) is 9.91 Å². The van der Waals surface area contributed by atoms with Crippen molar-refractivity contribution in [2.45, 2.75) is 24.2 Å². The van der Waals surface area contributed by atoms with Crippen LogP contribution in [-0.2, 0) is 24.6 Å². The zero-order valence-electron chi connectivity index (χ0n) is 26.5. The quantitative estimate of drug-likeness (QED) is 0.182. The third kappa shape index (κ3) is 4.38. The second-order valence-electron chi connectivity index (χ2n) is 13.2. The van der Waals surface area contributed by atoms with E-state index in [0.717, 1.165) is 16.1 Å². The number of nitrogens with one attached hydrogen (secondary N) is 1. The number of aromatic hydroxyl groups is 1. The van der Waals surface area contributed by atoms with Gasteiger partial charge >= 0.3 is 0 Å². The number of hydrogen-bond donors (Lipinski definition) is 2. The Hall–Kier alpha value is -4.86. The maximum Gasteiger partial charge on any atom is 0.260 e. The van der Waals surface area contributed by atoms with E-state index in [-0.39, 0.29) is 29.0 Å². The van der Waals surface area contributed by atoms with E-state index in [1.54, 1.807) is 43.5 Å². The highest BCUT2D eigenvalue weighted by atomic mass is 35.5. The van der Waals surface area contributed by atoms with Crippen LogP contribution in [0.4, 0.5) is 5.69 Å². The summed E-state index contributed by atoms with van der Waals surface area (Å²) in [6.07, 6.45) is 2.50. The Morgan fingerprint density at radius 1 is 0.878 bits per heavy atom. The molecular formula is C38H31Cl2N3O6. The lowest BCUT2D eigenvalue weighted by Gasteiger charge is -2.51. The first-order valence-corrected chi connectivity index (χ1v) is 16.8. The van der Waals surface area contributed by atoms with Gasteiger partial charge in [0.15, 0.2) is 0 Å². The summed E-state index contributed by atoms with van der Waals surface area (Å²) in [4.78, 5) is 58.5. The number of nitrogens with zero attached hydrogens (tertiary/aromatic N) is 2. The van der Waals surface area contributed by atoms with Crippen molar-refractivity contribution in [3.8, 4) is 11.5 Å². The standard InChI is InChI=1S/C38H31Cl2N3O6/c1-42-34(45)26-13-12-25-27(32(26)36(42)47)18-28-35(46)43(41-30-15-9-20(39)17-29(30)40)37(48)38(28,19-7-10-21(49-2)11-8-19)33(25)24-14-16-31(44)23-6-4-3-5-22(23)24/h3-12,14-17,26-28,32-33,41,44H,13,18H2,1-2H3. The maximum absolute atomic E-state index is 15.4. The SMILES string of the molecule is COc1ccc(C23C(=O)N(Nc4ccc(Cl)cc4Cl)C(=O)C2CC2C(=CCC4C(=O)N(C)C(=O)C42)C3c2ccc(O)c3ccccc23)cc1. The second kappa shape index (κ2) is 11.4. The highest BCUT2D eigenvalue weighted by Gasteiger charge is 2.70. The van der Waals surface area contributed by atoms with E-state index in [0.29, 0.717) is 39.2 Å². The smallest absolute Gasteiger partial charge is 0.260 e. The number of methoxy groups -OCH3 is 1. The second-order valence-corrected chi connectivity index (χ2v) is 14.0. The fraction of sp³-hybridized carbons (Fsp3) is 0.263. The van der Waals surface area contributed by atoms with Crippen LogP contribution in [-0.4, -0.2) is 52.8 Å². The number of allylic oxidation sites excluding steroid dienone is 2. The molecule has 2 N–H and O–H groups in total. The number of rotatable bonds is 5. The van der Waals surface area contributed by atoms with Crippen molar-refractivity contribution in [2.75, 3.05) is 19.6 Å². The number of anilines is 1. The van der Waals surface area contributed by atoms with Crippen molar-refractivity contribution >= 4 is 63.3 Å². The van der Waals surface area contributed by atoms with E-state index >= 15 is 4.79 Å². The van der Waals surface area contributed by atoms with Gasteiger partial charge in [-0.1, -0.05) is 77.3 Å². The van der Waals surface area contributed by atoms with Crippen LogP contribution in [0.1, 0.15) is 29.9 Å². The van der Waals surface area contributed by atoms with Gasteiger partial charge in [0.05, 0.1) is 41.0 Å². The van der Waals surface area contributed by atoms with Crippen LogP contribution < -0.4 is 10.2 Å². The summed E-state index contributed by atoms with van der Waals surface area (Å²) < 4.78 is 5.47. The Morgan fingerprint density at radius 3 is 2.33 bits per heavy atom. The molecule has 248 valence electrons. The number of benzene rings is 4. The largest absolute Gasteiger partial charge is 0.507 e. The van der Waals surface area contributed by atoms with E-state index in [9.17, 15) is 19.5 Å². The molecule has 0 bridgehead atoms. The number of amides is 4. The molecule has 2 aliphatic heterocycles. The van der Waals surface area contributed by atoms with Gasteiger partial charge in [-0.05, 0) is 71.7 Å². The van der Waals surface area contributed by atoms with E-state index in [1.807, 2.05) is 42.5 Å². The molecule has 9 nitrogen and oxygen atoms in total. The number of halogens is 2. The molecule has 0 radical (unpaired) electrons. The topological polar surface area (TPSA) is 116 Å². The first kappa shape index (κ1) is 31.4. The Kier molecular flexibility index (Phi) is 7.28. The van der Waals surface area contributed by atoms with Gasteiger partial charge < -0.3 is 9.84 Å². The Labute approximate surface area is 292 Å². The number of phenols is 1. The number of fused-ring (bicyclic) bond motifs is 5. The summed E-state index contributed by atoms with van der Waals surface area (Å²) in [5.74, 6) is -4.26. The van der Waals surface area contributed by atoms with Crippen LogP contribution in [0.5, 0.6) is 11.5 Å². The van der Waals surface area contributed by atoms with Crippen LogP contribution in [0.3, 0.4) is 0 Å². The average molecular weight is 697 g/mol. The average Bonchev–Trinajstić information content (AvgIpc) is 3.46. The minimum atomic E-state index is -1.50. The molecule has 6 atom stereocenters. The zero-order valence-corrected chi connectivity index (χ0v) is 28.0. The van der Waals surface area contributed by atoms with Crippen molar-refractivity contribution in [2.24, 2.45) is 23.7 Å². The Morgan fingerprint density at radius 2 is 1.61 bits per heavy atom. The summed E-state index contributed by atoms with van der Waals surface area (Å²) in [6, 6.07) is 22.7. The fourth-order valence-electron chi connectivity index (χ4n) is 8.90. The molecule has 4 aromatic rings. The highest BCUT2D eigenvalue weighted by Crippen LogP contribution is 2.64. The number of carbonyl (C=O) groups is 4. The van der Waals surface area contributed by atoms with Gasteiger partial charge in [-0.2, -0.15) is 5.01 Å². The summed E-state index contributed by atoms with van der Waals surface area (Å²) in [5.41, 5.74) is 3.97. The van der Waals surface area contributed by atoms with Crippen molar-refractivity contribution in [3.63, 3.8) is 0 Å². The Balaban J connectivity index is 1.41. The van der Waals surface area contributed by atoms with Gasteiger partial charge in [0.25, 0.3) is 11.8 Å². The molecule has 4 aromatic carbocycles. The van der Waals surface area contributed by atoms with E-state index < -0.39 is 46.8 Å². The van der Waals surface area contributed by atoms with Crippen molar-refractivity contribution < 1.29 is 29.0 Å². The molecule has 2 saturated heterocycles. The lowest BCUT2D eigenvalue weighted by atomic mass is 9.49. The molecule has 6 unspecified atom stereocenters. The van der Waals surface area contributed by atoms with Gasteiger partial charge in [-0.3, -0.25) is 29.5 Å². The van der Waals surface area contributed by atoms with Crippen LogP contribution in [0, 0.1) is 23.7 Å². The number of ether oxygens (including phenoxy) is 1. The van der Waals surface area contributed by atoms with Crippen molar-refractivity contribution in [3.05, 3.63) is 112 Å². The van der Waals surface area contributed by atoms with Gasteiger partial charge in [0.1, 0.15) is 11.5 Å². The molecule has 11 heteroatoms. The lowest BCUT2D eigenvalue weighted by molar-refractivity contribution is -0.140. The molecule has 8 rings (SSSR count). The number of likely N-dealkylation sites (tertiary alicyclic amines) is 1. The van der Waals surface area contributed by atoms with Crippen LogP contribution >= 0.6 is 23.2 Å². The van der Waals surface area contributed by atoms with Gasteiger partial charge in [0, 0.05) is 23.4 Å². The molecule has 49 heavy (non-hydrogen) atoms. The van der Waals surface area contributed by atoms with Crippen LogP contribution in [0.2, 0.25) is 10.0 Å². The first-order valence-electron chi connectivity index (χ1n) is 16.0. The molecule has 4 aliphatic rings. The predicted octanol–water partition coefficient (Wildman–Crippen LogP) is 6.48. The monoisotopic (exact) mass is 695 g/mol. The van der Waals surface area contributed by atoms with Gasteiger partial charge in [-0.15, -0.1) is 0 Å². The number of imide groups is 2. The number of phenolic OH excluding ortho intramolecular Hbond substituents is 1. The predicted molar refractivity (Wildman–Crippen MR) is 184 cm³/mol. The van der Waals surface area contributed by atoms with Crippen molar-refractivity contribution in [1.29, 1.82) is 0 Å². The number of carbonyl (C=O) groups excluding carboxylic acids is 4. The minimum absolute atomic E-state index is 0.0761. The van der Waals surface area contributed by atoms with Gasteiger partial charge in [0.2, 0.25) is 11.8 Å². The summed E-state index contributed by atoms with van der Waals surface area (Å²) in [7, 11) is 3.06. The zero-order chi connectivity index (χ0) is 34.4. The Bertz CT molecular complexity index is 2130. The molecule has 4 amide bonds. The van der Waals surface area contributed by atoms with E-state index in [2.05, 4.69) is 5.43 Å². The molecule has 2 aliphatic carbocycles. The maximum atomic E-state index is 15.4. The summed E-state index contributed by atoms with van der Waals surface area (Å²) in [5, 5.41) is 13.9. The first-order chi connectivity index (χ1) is 23.6. The van der Waals surface area contributed by atoms with Gasteiger partial charge in [-0.25, -0.2) is 0 Å². The normalized spacial score (nSPS) is 27.6. The third-order valence-electron chi connectivity index (χ3n) is 11.0. The minimum Gasteiger partial charge on any atom is -0.507 e. The molecule has 0 spiro atoms. The number of hydrazine groups is 1. The van der Waals surface area contributed by atoms with Crippen LogP contribution in [0.15, 0.2) is 90.5 Å². The third-order valence-corrected chi connectivity index (χ3v) is 11.6. The number of hydrogen-bond acceptors (Lipinski definition) is 7. The lowest BCUT2D eigenvalue weighted by Crippen LogP contribution is -2.53. The summed E-state index contributed by atoms with van der Waals surface area (Å²) >= 11 is 12.7. The molecule has 3 fully saturated rings. The molecule has 0 aromatic heterocycles. The molecular weight excluding hydrogens is 665 g/mol. The van der Waals surface area contributed by atoms with E-state index in [1.165, 1.54) is 18.0 Å². The van der Waals surface area contributed by atoms with E-state index in [4.69, 9.17) is 27.9 Å². The van der Waals surface area contributed by atoms with Crippen LogP contribution in [0.25, 0.3) is 10.8 Å². The summed E-state index contributed by atoms with van der Waals surface area (Å²) in [6.45, 7) is 0. The molecule has 2 heterocycles.